The minimum absolute atomic E-state index is 0.0264. The second-order valence-corrected chi connectivity index (χ2v) is 31.5. The summed E-state index contributed by atoms with van der Waals surface area (Å²) in [6, 6.07) is 0. The van der Waals surface area contributed by atoms with Crippen LogP contribution in [-0.4, -0.2) is 173 Å². The SMILES string of the molecule is C#C[C@H]1CC[C@]2(OCOC)C3CC[C@]4(O)C[C@@H](C)C[C@H]5OC(C)(C)OC[C@]54C3[C@H](OCOC)C[C@]12C.CC(=O)C(=[N+]=[N-])P(C)(C)=O.COCO[C@@H]1C[C@]2(C)[C@@H](C=O)CC[C@]2(OCOC)C2CC[C@]3(O)C[C@@H](C)C[C@H]4OC(C)(C)OC[C@]43C21. The molecule has 4 unspecified atom stereocenters. The Kier molecular flexibility index (Phi) is 19.4. The third-order valence-electron chi connectivity index (χ3n) is 22.8. The third-order valence-corrected chi connectivity index (χ3v) is 24.2. The Bertz CT molecular complexity index is 2450. The quantitative estimate of drug-likeness (QED) is 0.0297. The molecule has 2 aliphatic heterocycles. The number of ketones is 1. The van der Waals surface area contributed by atoms with Gasteiger partial charge < -0.3 is 81.9 Å². The molecular formula is C62H101N2O17P. The highest BCUT2D eigenvalue weighted by Crippen LogP contribution is 2.75. The maximum atomic E-state index is 12.5. The van der Waals surface area contributed by atoms with Crippen molar-refractivity contribution in [2.75, 3.05) is 82.2 Å². The molecule has 10 aliphatic rings. The molecule has 0 aromatic rings. The van der Waals surface area contributed by atoms with E-state index in [1.165, 1.54) is 20.3 Å². The highest BCUT2D eigenvalue weighted by Gasteiger charge is 2.79. The fraction of sp³-hybridized carbons (Fsp3) is 0.919. The van der Waals surface area contributed by atoms with Crippen LogP contribution in [0.2, 0.25) is 0 Å². The van der Waals surface area contributed by atoms with Crippen molar-refractivity contribution in [1.82, 2.24) is 0 Å². The summed E-state index contributed by atoms with van der Waals surface area (Å²) < 4.78 is 85.5. The smallest absolute Gasteiger partial charge is 0.388 e. The normalized spacial score (nSPS) is 46.4. The van der Waals surface area contributed by atoms with Gasteiger partial charge in [-0.1, -0.05) is 27.7 Å². The number of hydrogen-bond acceptors (Lipinski definition) is 17. The van der Waals surface area contributed by atoms with E-state index in [0.717, 1.165) is 76.9 Å². The summed E-state index contributed by atoms with van der Waals surface area (Å²) >= 11 is 0. The van der Waals surface area contributed by atoms with Gasteiger partial charge in [-0.3, -0.25) is 4.79 Å². The van der Waals surface area contributed by atoms with Gasteiger partial charge in [-0.05, 0) is 155 Å². The van der Waals surface area contributed by atoms with Gasteiger partial charge in [0.15, 0.2) is 18.7 Å². The first-order valence-corrected chi connectivity index (χ1v) is 32.8. The molecule has 0 bridgehead atoms. The number of carbonyl (C=O) groups is 2. The van der Waals surface area contributed by atoms with Gasteiger partial charge in [0.05, 0.1) is 70.9 Å². The molecule has 20 heteroatoms. The minimum atomic E-state index is -2.68. The van der Waals surface area contributed by atoms with Gasteiger partial charge in [0.1, 0.15) is 33.5 Å². The lowest BCUT2D eigenvalue weighted by atomic mass is 9.39. The molecule has 8 aliphatic carbocycles. The average Bonchev–Trinajstić information content (AvgIpc) is 1.14. The number of aliphatic hydroxyl groups is 2. The van der Waals surface area contributed by atoms with E-state index in [0.29, 0.717) is 44.3 Å². The largest absolute Gasteiger partial charge is 0.389 e. The molecule has 0 aromatic carbocycles. The van der Waals surface area contributed by atoms with E-state index in [9.17, 15) is 24.4 Å². The molecule has 2 N–H and O–H groups in total. The zero-order chi connectivity index (χ0) is 60.3. The van der Waals surface area contributed by atoms with Gasteiger partial charge >= 0.3 is 5.45 Å². The van der Waals surface area contributed by atoms with Crippen molar-refractivity contribution in [1.29, 1.82) is 0 Å². The Hall–Kier alpha value is -2.05. The van der Waals surface area contributed by atoms with Crippen LogP contribution in [0.5, 0.6) is 0 Å². The molecule has 8 saturated carbocycles. The van der Waals surface area contributed by atoms with Crippen molar-refractivity contribution in [3.8, 4) is 12.3 Å². The number of ether oxygens (including phenoxy) is 12. The van der Waals surface area contributed by atoms with Crippen LogP contribution in [0.25, 0.3) is 5.53 Å². The van der Waals surface area contributed by atoms with Gasteiger partial charge in [0.2, 0.25) is 5.78 Å². The van der Waals surface area contributed by atoms with Crippen LogP contribution in [0.1, 0.15) is 152 Å². The second kappa shape index (κ2) is 24.1. The van der Waals surface area contributed by atoms with E-state index in [1.54, 1.807) is 28.4 Å². The van der Waals surface area contributed by atoms with E-state index < -0.39 is 63.1 Å². The second-order valence-electron chi connectivity index (χ2n) is 28.4. The lowest BCUT2D eigenvalue weighted by Crippen LogP contribution is -2.78. The maximum Gasteiger partial charge on any atom is 0.388 e. The highest BCUT2D eigenvalue weighted by molar-refractivity contribution is 7.81. The zero-order valence-electron chi connectivity index (χ0n) is 52.1. The highest BCUT2D eigenvalue weighted by atomic mass is 31.2. The molecule has 466 valence electrons. The first-order valence-electron chi connectivity index (χ1n) is 30.2. The monoisotopic (exact) mass is 1180 g/mol. The Morgan fingerprint density at radius 3 is 1.49 bits per heavy atom. The first kappa shape index (κ1) is 65.9. The number of aldehydes is 1. The van der Waals surface area contributed by atoms with E-state index in [2.05, 4.69) is 38.4 Å². The topological polar surface area (TPSA) is 239 Å². The fourth-order valence-corrected chi connectivity index (χ4v) is 20.7. The van der Waals surface area contributed by atoms with E-state index in [4.69, 9.17) is 68.8 Å². The predicted octanol–water partition coefficient (Wildman–Crippen LogP) is 8.62. The number of Topliss-reactive ketones (excluding diaryl/α,β-unsaturated/α-hetero) is 1. The van der Waals surface area contributed by atoms with Gasteiger partial charge in [-0.15, -0.1) is 12.3 Å². The number of nitrogens with zero attached hydrogens (tertiary/aromatic N) is 2. The van der Waals surface area contributed by atoms with Crippen LogP contribution in [-0.2, 0) is 71.0 Å². The van der Waals surface area contributed by atoms with Crippen LogP contribution in [0.15, 0.2) is 0 Å². The molecule has 0 radical (unpaired) electrons. The van der Waals surface area contributed by atoms with Crippen molar-refractivity contribution in [3.05, 3.63) is 5.53 Å². The maximum absolute atomic E-state index is 12.5. The summed E-state index contributed by atoms with van der Waals surface area (Å²) in [6.45, 7) is 22.4. The number of fused-ring (bicyclic) bond motifs is 6. The zero-order valence-corrected chi connectivity index (χ0v) is 53.0. The summed E-state index contributed by atoms with van der Waals surface area (Å²) in [5.41, 5.74) is 3.22. The van der Waals surface area contributed by atoms with Crippen molar-refractivity contribution in [2.45, 2.75) is 211 Å². The number of carbonyl (C=O) groups excluding carboxylic acids is 2. The van der Waals surface area contributed by atoms with Crippen LogP contribution >= 0.6 is 7.14 Å². The molecule has 10 fully saturated rings. The van der Waals surface area contributed by atoms with Crippen molar-refractivity contribution in [2.24, 2.45) is 69.0 Å². The van der Waals surface area contributed by atoms with Crippen molar-refractivity contribution in [3.63, 3.8) is 0 Å². The number of rotatable bonds is 15. The first-order chi connectivity index (χ1) is 38.4. The summed E-state index contributed by atoms with van der Waals surface area (Å²) in [6.07, 6.45) is 17.5. The van der Waals surface area contributed by atoms with Gasteiger partial charge in [0.25, 0.3) is 0 Å². The van der Waals surface area contributed by atoms with E-state index >= 15 is 0 Å². The van der Waals surface area contributed by atoms with Crippen molar-refractivity contribution >= 4 is 24.7 Å². The molecule has 19 nitrogen and oxygen atoms in total. The number of hydrogen-bond donors (Lipinski definition) is 2. The Labute approximate surface area is 488 Å². The number of terminal acetylenes is 1. The minimum Gasteiger partial charge on any atom is -0.389 e. The predicted molar refractivity (Wildman–Crippen MR) is 303 cm³/mol. The van der Waals surface area contributed by atoms with Gasteiger partial charge in [-0.25, -0.2) is 0 Å². The molecule has 82 heavy (non-hydrogen) atoms. The average molecular weight is 1180 g/mol. The molecule has 2 saturated heterocycles. The molecule has 10 rings (SSSR count). The lowest BCUT2D eigenvalue weighted by Gasteiger charge is -2.71. The van der Waals surface area contributed by atoms with Gasteiger partial charge in [0, 0.05) is 69.9 Å². The molecule has 0 aromatic heterocycles. The summed E-state index contributed by atoms with van der Waals surface area (Å²) in [7, 11) is 3.93. The Balaban J connectivity index is 0.000000184. The summed E-state index contributed by atoms with van der Waals surface area (Å²) in [5, 5.41) is 25.0. The summed E-state index contributed by atoms with van der Waals surface area (Å²) in [4.78, 5) is 25.6. The third kappa shape index (κ3) is 10.7. The molecule has 0 amide bonds. The van der Waals surface area contributed by atoms with Gasteiger partial charge in [-0.2, -0.15) is 4.79 Å². The van der Waals surface area contributed by atoms with Crippen LogP contribution < -0.4 is 0 Å². The van der Waals surface area contributed by atoms with Crippen molar-refractivity contribution < 1.29 is 86.0 Å². The lowest BCUT2D eigenvalue weighted by molar-refractivity contribution is -0.405. The molecule has 2 spiro atoms. The van der Waals surface area contributed by atoms with Crippen LogP contribution in [0.4, 0.5) is 0 Å². The molecule has 2 heterocycles. The molecular weight excluding hydrogens is 1080 g/mol. The van der Waals surface area contributed by atoms with E-state index in [-0.39, 0.29) is 98.0 Å². The Morgan fingerprint density at radius 1 is 0.683 bits per heavy atom. The van der Waals surface area contributed by atoms with E-state index in [1.807, 2.05) is 27.7 Å². The standard InChI is InChI=1S/C29H46O7.C28H46O8.C5H9N2O2P/c1-8-20-9-12-29(35-18-32-7)21-10-11-27(30)14-19(2)13-23-28(27,16-34-25(3,4)36-23)24(21)22(33-17-31-6)15-26(20,29)5;1-18-11-22-27(15-34-24(2,3)36-22)23-20(8-9-26(27,30)12-18)28(35-17-32-6)10-7-19(14-29)25(28,4)13-21(23)33-16-31-5;1-4(8)5(7-6)10(2,3)9/h1,19-24,30H,9-18H2,2-7H3;14,18-23,30H,7-13,15-17H2,1-6H3;1-3H3/t19-,20-,21?,22+,23+,24?,26+,27-,28+,29-;18-,19+,20?,21+,22+,23?,25+,26-,27+,28-;/m00./s1. The summed E-state index contributed by atoms with van der Waals surface area (Å²) in [5.74, 6) is 1.99. The molecule has 20 atom stereocenters. The fourth-order valence-electron chi connectivity index (χ4n) is 19.7. The van der Waals surface area contributed by atoms with Crippen LogP contribution in [0.3, 0.4) is 0 Å². The van der Waals surface area contributed by atoms with Crippen LogP contribution in [0, 0.1) is 81.3 Å². The number of methoxy groups -OCH3 is 4. The Morgan fingerprint density at radius 2 is 1.11 bits per heavy atom.